The van der Waals surface area contributed by atoms with E-state index in [-0.39, 0.29) is 12.5 Å². The molecule has 1 heterocycles. The first kappa shape index (κ1) is 19.0. The lowest BCUT2D eigenvalue weighted by Crippen LogP contribution is -2.13. The summed E-state index contributed by atoms with van der Waals surface area (Å²) in [5.41, 5.74) is 2.83. The van der Waals surface area contributed by atoms with Gasteiger partial charge < -0.3 is 19.6 Å². The van der Waals surface area contributed by atoms with Crippen LogP contribution in [0.3, 0.4) is 0 Å². The van der Waals surface area contributed by atoms with Gasteiger partial charge in [-0.2, -0.15) is 0 Å². The van der Waals surface area contributed by atoms with Crippen LogP contribution in [0.4, 0.5) is 5.69 Å². The molecule has 0 radical (unpaired) electrons. The summed E-state index contributed by atoms with van der Waals surface area (Å²) in [4.78, 5) is 12.6. The second-order valence-corrected chi connectivity index (χ2v) is 6.39. The van der Waals surface area contributed by atoms with Gasteiger partial charge in [-0.05, 0) is 55.8 Å². The monoisotopic (exact) mass is 385 g/mol. The van der Waals surface area contributed by atoms with Gasteiger partial charge in [-0.25, -0.2) is 0 Å². The Kier molecular flexibility index (Phi) is 5.84. The topological polar surface area (TPSA) is 71.7 Å². The van der Waals surface area contributed by atoms with Crippen LogP contribution in [0, 0.1) is 6.92 Å². The number of halogens is 1. The third-order valence-electron chi connectivity index (χ3n) is 4.08. The normalized spacial score (nSPS) is 10.7. The highest BCUT2D eigenvalue weighted by atomic mass is 35.5. The number of furan rings is 1. The number of anilines is 1. The van der Waals surface area contributed by atoms with E-state index in [2.05, 4.69) is 5.32 Å². The third-order valence-corrected chi connectivity index (χ3v) is 4.38. The van der Waals surface area contributed by atoms with E-state index in [0.29, 0.717) is 40.2 Å². The summed E-state index contributed by atoms with van der Waals surface area (Å²) in [5.74, 6) is 1.39. The SMILES string of the molecule is CCOc1ccc(C(=O)Nc2cc(-c3ccc(CO)o3)ccc2C)cc1Cl. The quantitative estimate of drug-likeness (QED) is 0.622. The Morgan fingerprint density at radius 3 is 2.67 bits per heavy atom. The molecule has 0 unspecified atom stereocenters. The van der Waals surface area contributed by atoms with Gasteiger partial charge in [-0.1, -0.05) is 23.7 Å². The van der Waals surface area contributed by atoms with Crippen molar-refractivity contribution in [2.45, 2.75) is 20.5 Å². The molecule has 0 aliphatic carbocycles. The highest BCUT2D eigenvalue weighted by molar-refractivity contribution is 6.32. The molecular formula is C21H20ClNO4. The average Bonchev–Trinajstić information content (AvgIpc) is 3.14. The molecule has 5 nitrogen and oxygen atoms in total. The van der Waals surface area contributed by atoms with E-state index in [1.165, 1.54) is 0 Å². The fourth-order valence-electron chi connectivity index (χ4n) is 2.64. The number of nitrogens with one attached hydrogen (secondary N) is 1. The number of hydrogen-bond acceptors (Lipinski definition) is 4. The first-order chi connectivity index (χ1) is 13.0. The van der Waals surface area contributed by atoms with Gasteiger partial charge in [-0.3, -0.25) is 4.79 Å². The highest BCUT2D eigenvalue weighted by Crippen LogP contribution is 2.29. The Labute approximate surface area is 162 Å². The molecule has 6 heteroatoms. The van der Waals surface area contributed by atoms with Gasteiger partial charge in [0.25, 0.3) is 5.91 Å². The predicted octanol–water partition coefficient (Wildman–Crippen LogP) is 5.05. The second kappa shape index (κ2) is 8.29. The number of benzene rings is 2. The Morgan fingerprint density at radius 1 is 1.19 bits per heavy atom. The van der Waals surface area contributed by atoms with Crippen LogP contribution in [0.5, 0.6) is 5.75 Å². The number of rotatable bonds is 6. The molecule has 0 aliphatic heterocycles. The first-order valence-electron chi connectivity index (χ1n) is 8.56. The fraction of sp³-hybridized carbons (Fsp3) is 0.190. The van der Waals surface area contributed by atoms with Crippen LogP contribution in [0.1, 0.15) is 28.6 Å². The maximum atomic E-state index is 12.6. The molecule has 3 aromatic rings. The number of carbonyl (C=O) groups excluding carboxylic acids is 1. The Bertz CT molecular complexity index is 965. The molecule has 1 amide bonds. The van der Waals surface area contributed by atoms with Crippen molar-refractivity contribution < 1.29 is 19.1 Å². The number of aliphatic hydroxyl groups is 1. The van der Waals surface area contributed by atoms with Gasteiger partial charge >= 0.3 is 0 Å². The zero-order valence-corrected chi connectivity index (χ0v) is 15.8. The molecule has 2 N–H and O–H groups in total. The molecule has 0 fully saturated rings. The molecule has 140 valence electrons. The van der Waals surface area contributed by atoms with Gasteiger partial charge in [0.1, 0.15) is 23.9 Å². The van der Waals surface area contributed by atoms with Crippen molar-refractivity contribution in [3.8, 4) is 17.1 Å². The van der Waals surface area contributed by atoms with Crippen LogP contribution in [0.2, 0.25) is 5.02 Å². The molecule has 0 atom stereocenters. The van der Waals surface area contributed by atoms with Gasteiger partial charge in [-0.15, -0.1) is 0 Å². The molecule has 3 rings (SSSR count). The van der Waals surface area contributed by atoms with Crippen LogP contribution in [-0.2, 0) is 6.61 Å². The number of amides is 1. The molecule has 0 saturated carbocycles. The van der Waals surface area contributed by atoms with Crippen molar-refractivity contribution in [2.75, 3.05) is 11.9 Å². The smallest absolute Gasteiger partial charge is 0.255 e. The second-order valence-electron chi connectivity index (χ2n) is 5.99. The summed E-state index contributed by atoms with van der Waals surface area (Å²) in [6.07, 6.45) is 0. The van der Waals surface area contributed by atoms with Gasteiger partial charge in [0.2, 0.25) is 0 Å². The van der Waals surface area contributed by atoms with Crippen molar-refractivity contribution >= 4 is 23.2 Å². The van der Waals surface area contributed by atoms with Crippen LogP contribution in [0.25, 0.3) is 11.3 Å². The Hall–Kier alpha value is -2.76. The van der Waals surface area contributed by atoms with E-state index in [1.54, 1.807) is 30.3 Å². The van der Waals surface area contributed by atoms with Gasteiger partial charge in [0.05, 0.1) is 11.6 Å². The molecule has 2 aromatic carbocycles. The van der Waals surface area contributed by atoms with Crippen LogP contribution in [0.15, 0.2) is 52.9 Å². The largest absolute Gasteiger partial charge is 0.492 e. The van der Waals surface area contributed by atoms with Crippen molar-refractivity contribution in [3.63, 3.8) is 0 Å². The summed E-state index contributed by atoms with van der Waals surface area (Å²) in [7, 11) is 0. The fourth-order valence-corrected chi connectivity index (χ4v) is 2.87. The van der Waals surface area contributed by atoms with Gasteiger partial charge in [0, 0.05) is 16.8 Å². The van der Waals surface area contributed by atoms with Crippen LogP contribution in [-0.4, -0.2) is 17.6 Å². The average molecular weight is 386 g/mol. The number of aryl methyl sites for hydroxylation is 1. The van der Waals surface area contributed by atoms with E-state index in [4.69, 9.17) is 25.9 Å². The number of hydrogen-bond donors (Lipinski definition) is 2. The lowest BCUT2D eigenvalue weighted by molar-refractivity contribution is 0.102. The molecule has 0 aliphatic rings. The minimum absolute atomic E-state index is 0.159. The zero-order chi connectivity index (χ0) is 19.4. The summed E-state index contributed by atoms with van der Waals surface area (Å²) in [5, 5.41) is 12.4. The van der Waals surface area contributed by atoms with Crippen molar-refractivity contribution in [1.82, 2.24) is 0 Å². The summed E-state index contributed by atoms with van der Waals surface area (Å²) in [6.45, 7) is 4.12. The zero-order valence-electron chi connectivity index (χ0n) is 15.1. The van der Waals surface area contributed by atoms with Gasteiger partial charge in [0.15, 0.2) is 0 Å². The third kappa shape index (κ3) is 4.32. The summed E-state index contributed by atoms with van der Waals surface area (Å²) < 4.78 is 11.0. The van der Waals surface area contributed by atoms with E-state index < -0.39 is 0 Å². The number of ether oxygens (including phenoxy) is 1. The minimum Gasteiger partial charge on any atom is -0.492 e. The molecular weight excluding hydrogens is 366 g/mol. The van der Waals surface area contributed by atoms with Crippen LogP contribution >= 0.6 is 11.6 Å². The number of carbonyl (C=O) groups is 1. The van der Waals surface area contributed by atoms with E-state index >= 15 is 0 Å². The standard InChI is InChI=1S/C21H20ClNO4/c1-3-26-20-8-6-15(10-17(20)22)21(25)23-18-11-14(5-4-13(18)2)19-9-7-16(12-24)27-19/h4-11,24H,3,12H2,1-2H3,(H,23,25). The van der Waals surface area contributed by atoms with E-state index in [0.717, 1.165) is 11.1 Å². The first-order valence-corrected chi connectivity index (χ1v) is 8.94. The summed E-state index contributed by atoms with van der Waals surface area (Å²) in [6, 6.07) is 14.1. The number of aliphatic hydroxyl groups excluding tert-OH is 1. The van der Waals surface area contributed by atoms with Crippen molar-refractivity contribution in [1.29, 1.82) is 0 Å². The van der Waals surface area contributed by atoms with Crippen LogP contribution < -0.4 is 10.1 Å². The van der Waals surface area contributed by atoms with Crippen molar-refractivity contribution in [2.24, 2.45) is 0 Å². The Balaban J connectivity index is 1.83. The van der Waals surface area contributed by atoms with Crippen molar-refractivity contribution in [3.05, 3.63) is 70.4 Å². The minimum atomic E-state index is -0.268. The lowest BCUT2D eigenvalue weighted by Gasteiger charge is -2.11. The maximum Gasteiger partial charge on any atom is 0.255 e. The maximum absolute atomic E-state index is 12.6. The highest BCUT2D eigenvalue weighted by Gasteiger charge is 2.13. The molecule has 27 heavy (non-hydrogen) atoms. The molecule has 0 bridgehead atoms. The lowest BCUT2D eigenvalue weighted by atomic mass is 10.1. The predicted molar refractivity (Wildman–Crippen MR) is 105 cm³/mol. The summed E-state index contributed by atoms with van der Waals surface area (Å²) >= 11 is 6.17. The van der Waals surface area contributed by atoms with E-state index in [9.17, 15) is 4.79 Å². The molecule has 1 aromatic heterocycles. The van der Waals surface area contributed by atoms with E-state index in [1.807, 2.05) is 32.0 Å². The molecule has 0 saturated heterocycles. The molecule has 0 spiro atoms. The Morgan fingerprint density at radius 2 is 2.00 bits per heavy atom.